The van der Waals surface area contributed by atoms with Crippen molar-refractivity contribution in [2.45, 2.75) is 4.90 Å². The number of hydrogen-bond donors (Lipinski definition) is 2. The van der Waals surface area contributed by atoms with E-state index in [2.05, 4.69) is 20.6 Å². The van der Waals surface area contributed by atoms with Crippen molar-refractivity contribution >= 4 is 27.3 Å². The van der Waals surface area contributed by atoms with Gasteiger partial charge in [0, 0.05) is 31.9 Å². The van der Waals surface area contributed by atoms with Crippen LogP contribution in [-0.4, -0.2) is 53.8 Å². The molecular formula is C14H16N6O4S. The Bertz CT molecular complexity index is 848. The molecule has 25 heavy (non-hydrogen) atoms. The highest BCUT2D eigenvalue weighted by atomic mass is 32.2. The number of aromatic nitrogens is 2. The van der Waals surface area contributed by atoms with E-state index >= 15 is 0 Å². The molecule has 11 heteroatoms. The lowest BCUT2D eigenvalue weighted by Gasteiger charge is -2.26. The molecule has 0 amide bonds. The zero-order chi connectivity index (χ0) is 17.9. The summed E-state index contributed by atoms with van der Waals surface area (Å²) in [4.78, 5) is 17.9. The second-order valence-electron chi connectivity index (χ2n) is 5.33. The normalized spacial score (nSPS) is 15.7. The van der Waals surface area contributed by atoms with Crippen molar-refractivity contribution in [1.29, 1.82) is 0 Å². The molecule has 0 radical (unpaired) electrons. The Morgan fingerprint density at radius 2 is 1.72 bits per heavy atom. The summed E-state index contributed by atoms with van der Waals surface area (Å²) in [6.45, 7) is 2.16. The summed E-state index contributed by atoms with van der Waals surface area (Å²) in [7, 11) is -3.51. The van der Waals surface area contributed by atoms with Gasteiger partial charge in [-0.05, 0) is 24.3 Å². The summed E-state index contributed by atoms with van der Waals surface area (Å²) in [5, 5.41) is 16.6. The number of sulfonamides is 1. The largest absolute Gasteiger partial charge is 0.324 e. The summed E-state index contributed by atoms with van der Waals surface area (Å²) < 4.78 is 26.5. The summed E-state index contributed by atoms with van der Waals surface area (Å²) in [5.41, 5.74) is 0.371. The zero-order valence-corrected chi connectivity index (χ0v) is 13.9. The average Bonchev–Trinajstić information content (AvgIpc) is 2.63. The van der Waals surface area contributed by atoms with Crippen molar-refractivity contribution in [1.82, 2.24) is 19.6 Å². The molecule has 1 aromatic heterocycles. The topological polar surface area (TPSA) is 130 Å². The summed E-state index contributed by atoms with van der Waals surface area (Å²) in [6, 6.07) is 6.20. The van der Waals surface area contributed by atoms with Gasteiger partial charge in [-0.15, -0.1) is 0 Å². The Morgan fingerprint density at radius 1 is 1.12 bits per heavy atom. The maximum atomic E-state index is 12.5. The van der Waals surface area contributed by atoms with Gasteiger partial charge in [0.1, 0.15) is 12.4 Å². The van der Waals surface area contributed by atoms with Crippen molar-refractivity contribution in [2.75, 3.05) is 31.5 Å². The van der Waals surface area contributed by atoms with Crippen LogP contribution >= 0.6 is 0 Å². The maximum absolute atomic E-state index is 12.5. The molecule has 2 heterocycles. The third-order valence-corrected chi connectivity index (χ3v) is 5.59. The lowest BCUT2D eigenvalue weighted by atomic mass is 10.3. The quantitative estimate of drug-likeness (QED) is 0.586. The van der Waals surface area contributed by atoms with Crippen molar-refractivity contribution < 1.29 is 13.3 Å². The van der Waals surface area contributed by atoms with Crippen molar-refractivity contribution in [3.8, 4) is 0 Å². The van der Waals surface area contributed by atoms with Gasteiger partial charge in [-0.25, -0.2) is 18.4 Å². The highest BCUT2D eigenvalue weighted by Crippen LogP contribution is 2.20. The fraction of sp³-hybridized carbons (Fsp3) is 0.286. The van der Waals surface area contributed by atoms with Crippen LogP contribution in [0.5, 0.6) is 0 Å². The fourth-order valence-electron chi connectivity index (χ4n) is 2.35. The van der Waals surface area contributed by atoms with Gasteiger partial charge in [0.25, 0.3) is 0 Å². The van der Waals surface area contributed by atoms with Gasteiger partial charge in [-0.3, -0.25) is 10.1 Å². The van der Waals surface area contributed by atoms with Crippen LogP contribution in [0.25, 0.3) is 0 Å². The number of anilines is 2. The maximum Gasteiger partial charge on any atom is 0.305 e. The Hall–Kier alpha value is -2.63. The summed E-state index contributed by atoms with van der Waals surface area (Å²) in [6.07, 6.45) is 2.19. The molecular weight excluding hydrogens is 348 g/mol. The van der Waals surface area contributed by atoms with Crippen LogP contribution in [0.2, 0.25) is 0 Å². The first-order valence-electron chi connectivity index (χ1n) is 7.51. The van der Waals surface area contributed by atoms with Crippen molar-refractivity contribution in [2.24, 2.45) is 0 Å². The highest BCUT2D eigenvalue weighted by Gasteiger charge is 2.25. The molecule has 1 aliphatic heterocycles. The van der Waals surface area contributed by atoms with Gasteiger partial charge in [0.05, 0.1) is 9.82 Å². The number of nitrogens with one attached hydrogen (secondary N) is 2. The molecule has 0 aliphatic carbocycles. The van der Waals surface area contributed by atoms with Crippen LogP contribution in [0, 0.1) is 10.1 Å². The van der Waals surface area contributed by atoms with Gasteiger partial charge >= 0.3 is 5.69 Å². The van der Waals surface area contributed by atoms with Crippen LogP contribution < -0.4 is 10.6 Å². The number of hydrogen-bond acceptors (Lipinski definition) is 8. The van der Waals surface area contributed by atoms with E-state index in [1.807, 2.05) is 0 Å². The predicted octanol–water partition coefficient (Wildman–Crippen LogP) is 0.722. The molecule has 0 atom stereocenters. The second kappa shape index (κ2) is 7.09. The fourth-order valence-corrected chi connectivity index (χ4v) is 3.79. The number of rotatable bonds is 5. The van der Waals surface area contributed by atoms with E-state index in [9.17, 15) is 18.5 Å². The predicted molar refractivity (Wildman–Crippen MR) is 90.0 cm³/mol. The van der Waals surface area contributed by atoms with Gasteiger partial charge in [-0.1, -0.05) is 0 Å². The minimum Gasteiger partial charge on any atom is -0.324 e. The standard InChI is InChI=1S/C14H16N6O4S/c21-20(22)12-9-16-14(17-10-12)18-11-1-3-13(4-2-11)25(23,24)19-7-5-15-6-8-19/h1-4,9-10,15H,5-8H2,(H,16,17,18). The van der Waals surface area contributed by atoms with E-state index < -0.39 is 14.9 Å². The lowest BCUT2D eigenvalue weighted by molar-refractivity contribution is -0.385. The third kappa shape index (κ3) is 3.90. The van der Waals surface area contributed by atoms with Crippen LogP contribution in [0.15, 0.2) is 41.6 Å². The SMILES string of the molecule is O=[N+]([O-])c1cnc(Nc2ccc(S(=O)(=O)N3CCNCC3)cc2)nc1. The molecule has 0 saturated carbocycles. The molecule has 0 spiro atoms. The van der Waals surface area contributed by atoms with Crippen LogP contribution in [0.4, 0.5) is 17.3 Å². The van der Waals surface area contributed by atoms with Gasteiger partial charge in [-0.2, -0.15) is 4.31 Å². The minimum absolute atomic E-state index is 0.184. The number of piperazine rings is 1. The van der Waals surface area contributed by atoms with Gasteiger partial charge < -0.3 is 10.6 Å². The molecule has 1 saturated heterocycles. The third-order valence-electron chi connectivity index (χ3n) is 3.67. The van der Waals surface area contributed by atoms with Crippen LogP contribution in [-0.2, 0) is 10.0 Å². The summed E-state index contributed by atoms with van der Waals surface area (Å²) in [5.74, 6) is 0.184. The monoisotopic (exact) mass is 364 g/mol. The van der Waals surface area contributed by atoms with Crippen molar-refractivity contribution in [3.05, 3.63) is 46.8 Å². The molecule has 0 bridgehead atoms. The van der Waals surface area contributed by atoms with E-state index in [1.54, 1.807) is 12.1 Å². The molecule has 2 aromatic rings. The zero-order valence-electron chi connectivity index (χ0n) is 13.1. The molecule has 2 N–H and O–H groups in total. The van der Waals surface area contributed by atoms with E-state index in [-0.39, 0.29) is 16.5 Å². The van der Waals surface area contributed by atoms with Gasteiger partial charge in [0.15, 0.2) is 0 Å². The van der Waals surface area contributed by atoms with E-state index in [1.165, 1.54) is 16.4 Å². The number of nitro groups is 1. The molecule has 3 rings (SSSR count). The summed E-state index contributed by atoms with van der Waals surface area (Å²) >= 11 is 0. The number of nitrogens with zero attached hydrogens (tertiary/aromatic N) is 4. The Kier molecular flexibility index (Phi) is 4.88. The molecule has 10 nitrogen and oxygen atoms in total. The first-order chi connectivity index (χ1) is 12.0. The highest BCUT2D eigenvalue weighted by molar-refractivity contribution is 7.89. The molecule has 1 aliphatic rings. The first-order valence-corrected chi connectivity index (χ1v) is 8.95. The molecule has 1 fully saturated rings. The second-order valence-corrected chi connectivity index (χ2v) is 7.26. The average molecular weight is 364 g/mol. The van der Waals surface area contributed by atoms with Crippen molar-refractivity contribution in [3.63, 3.8) is 0 Å². The van der Waals surface area contributed by atoms with E-state index in [0.717, 1.165) is 12.4 Å². The Morgan fingerprint density at radius 3 is 2.28 bits per heavy atom. The Labute approximate surface area is 144 Å². The lowest BCUT2D eigenvalue weighted by Crippen LogP contribution is -2.46. The molecule has 1 aromatic carbocycles. The van der Waals surface area contributed by atoms with Crippen LogP contribution in [0.1, 0.15) is 0 Å². The van der Waals surface area contributed by atoms with Gasteiger partial charge in [0.2, 0.25) is 16.0 Å². The van der Waals surface area contributed by atoms with Crippen LogP contribution in [0.3, 0.4) is 0 Å². The van der Waals surface area contributed by atoms with E-state index in [0.29, 0.717) is 31.9 Å². The first kappa shape index (κ1) is 17.2. The number of benzene rings is 1. The minimum atomic E-state index is -3.51. The molecule has 132 valence electrons. The smallest absolute Gasteiger partial charge is 0.305 e. The molecule has 0 unspecified atom stereocenters. The van der Waals surface area contributed by atoms with E-state index in [4.69, 9.17) is 0 Å². The Balaban J connectivity index is 1.72.